The highest BCUT2D eigenvalue weighted by molar-refractivity contribution is 5.87. The van der Waals surface area contributed by atoms with E-state index in [1.807, 2.05) is 67.6 Å². The molecule has 0 heterocycles. The van der Waals surface area contributed by atoms with E-state index in [2.05, 4.69) is 10.9 Å². The monoisotopic (exact) mass is 392 g/mol. The first-order valence-electron chi connectivity index (χ1n) is 9.53. The van der Waals surface area contributed by atoms with Gasteiger partial charge >= 0.3 is 0 Å². The number of carbonyl (C=O) groups is 2. The first kappa shape index (κ1) is 20.2. The number of rotatable bonds is 7. The molecule has 0 saturated carbocycles. The predicted octanol–water partition coefficient (Wildman–Crippen LogP) is 3.61. The number of carbonyl (C=O) groups excluding carboxylic acids is 2. The van der Waals surface area contributed by atoms with Gasteiger partial charge in [-0.1, -0.05) is 55.5 Å². The topological polar surface area (TPSA) is 76.7 Å². The lowest BCUT2D eigenvalue weighted by Crippen LogP contribution is -2.51. The Hall–Kier alpha value is -3.54. The number of ether oxygens (including phenoxy) is 2. The molecule has 0 bridgehead atoms. The zero-order valence-corrected chi connectivity index (χ0v) is 16.4. The van der Waals surface area contributed by atoms with Gasteiger partial charge in [-0.05, 0) is 48.4 Å². The number of amides is 2. The van der Waals surface area contributed by atoms with Crippen molar-refractivity contribution in [1.29, 1.82) is 0 Å². The first-order valence-corrected chi connectivity index (χ1v) is 9.53. The third-order valence-corrected chi connectivity index (χ3v) is 4.40. The molecule has 150 valence electrons. The third kappa shape index (κ3) is 5.48. The van der Waals surface area contributed by atoms with Crippen LogP contribution >= 0.6 is 0 Å². The van der Waals surface area contributed by atoms with Gasteiger partial charge in [0.2, 0.25) is 0 Å². The Labute approximate surface area is 169 Å². The van der Waals surface area contributed by atoms with Gasteiger partial charge in [0.05, 0.1) is 0 Å². The number of fused-ring (bicyclic) bond motifs is 1. The fourth-order valence-electron chi connectivity index (χ4n) is 2.79. The van der Waals surface area contributed by atoms with E-state index in [-0.39, 0.29) is 0 Å². The molecule has 0 saturated heterocycles. The number of hydrogen-bond acceptors (Lipinski definition) is 4. The van der Waals surface area contributed by atoms with E-state index in [1.54, 1.807) is 19.1 Å². The molecule has 29 heavy (non-hydrogen) atoms. The van der Waals surface area contributed by atoms with E-state index in [9.17, 15) is 9.59 Å². The summed E-state index contributed by atoms with van der Waals surface area (Å²) < 4.78 is 11.4. The van der Waals surface area contributed by atoms with Crippen LogP contribution in [0.5, 0.6) is 11.5 Å². The molecule has 0 radical (unpaired) electrons. The summed E-state index contributed by atoms with van der Waals surface area (Å²) in [6.45, 7) is 3.45. The summed E-state index contributed by atoms with van der Waals surface area (Å²) in [5.74, 6) is 0.286. The largest absolute Gasteiger partial charge is 0.481 e. The van der Waals surface area contributed by atoms with E-state index in [0.717, 1.165) is 10.8 Å². The quantitative estimate of drug-likeness (QED) is 0.602. The SMILES string of the molecule is CC[C@@H](Oc1ccccc1)C(=O)NNC(=O)[C@@H](C)Oc1ccc2ccccc2c1. The molecule has 0 aromatic heterocycles. The standard InChI is InChI=1S/C23H24N2O4/c1-3-21(29-19-11-5-4-6-12-19)23(27)25-24-22(26)16(2)28-20-14-13-17-9-7-8-10-18(17)15-20/h4-16,21H,3H2,1-2H3,(H,24,26)(H,25,27)/t16-,21-/m1/s1. The second kappa shape index (κ2) is 9.59. The smallest absolute Gasteiger partial charge is 0.279 e. The van der Waals surface area contributed by atoms with Crippen molar-refractivity contribution in [3.8, 4) is 11.5 Å². The fraction of sp³-hybridized carbons (Fsp3) is 0.217. The summed E-state index contributed by atoms with van der Waals surface area (Å²) in [5, 5.41) is 2.11. The van der Waals surface area contributed by atoms with Crippen molar-refractivity contribution in [2.24, 2.45) is 0 Å². The van der Waals surface area contributed by atoms with Crippen LogP contribution in [0, 0.1) is 0 Å². The van der Waals surface area contributed by atoms with Crippen molar-refractivity contribution in [2.45, 2.75) is 32.5 Å². The van der Waals surface area contributed by atoms with Crippen LogP contribution in [0.1, 0.15) is 20.3 Å². The van der Waals surface area contributed by atoms with Crippen LogP contribution in [0.2, 0.25) is 0 Å². The van der Waals surface area contributed by atoms with Gasteiger partial charge in [0.1, 0.15) is 11.5 Å². The number of nitrogens with one attached hydrogen (secondary N) is 2. The highest BCUT2D eigenvalue weighted by Crippen LogP contribution is 2.21. The Kier molecular flexibility index (Phi) is 6.68. The molecule has 0 spiro atoms. The van der Waals surface area contributed by atoms with Crippen LogP contribution < -0.4 is 20.3 Å². The maximum Gasteiger partial charge on any atom is 0.279 e. The minimum absolute atomic E-state index is 0.428. The van der Waals surface area contributed by atoms with Crippen molar-refractivity contribution < 1.29 is 19.1 Å². The predicted molar refractivity (Wildman–Crippen MR) is 111 cm³/mol. The number of benzene rings is 3. The fourth-order valence-corrected chi connectivity index (χ4v) is 2.79. The average molecular weight is 392 g/mol. The molecule has 3 rings (SSSR count). The zero-order valence-electron chi connectivity index (χ0n) is 16.4. The maximum absolute atomic E-state index is 12.3. The summed E-state index contributed by atoms with van der Waals surface area (Å²) >= 11 is 0. The summed E-state index contributed by atoms with van der Waals surface area (Å²) in [5.41, 5.74) is 4.80. The molecule has 2 atom stereocenters. The van der Waals surface area contributed by atoms with E-state index >= 15 is 0 Å². The molecular formula is C23H24N2O4. The lowest BCUT2D eigenvalue weighted by molar-refractivity contribution is -0.135. The summed E-state index contributed by atoms with van der Waals surface area (Å²) in [6.07, 6.45) is -1.04. The van der Waals surface area contributed by atoms with Crippen LogP contribution in [-0.4, -0.2) is 24.0 Å². The lowest BCUT2D eigenvalue weighted by atomic mass is 10.1. The van der Waals surface area contributed by atoms with Gasteiger partial charge in [-0.3, -0.25) is 20.4 Å². The zero-order chi connectivity index (χ0) is 20.6. The Morgan fingerprint density at radius 3 is 2.17 bits per heavy atom. The average Bonchev–Trinajstić information content (AvgIpc) is 2.76. The molecule has 0 fully saturated rings. The molecule has 3 aromatic carbocycles. The normalized spacial score (nSPS) is 12.6. The van der Waals surface area contributed by atoms with E-state index in [4.69, 9.17) is 9.47 Å². The van der Waals surface area contributed by atoms with Crippen LogP contribution in [0.3, 0.4) is 0 Å². The molecular weight excluding hydrogens is 368 g/mol. The van der Waals surface area contributed by atoms with Gasteiger partial charge in [0, 0.05) is 0 Å². The van der Waals surface area contributed by atoms with Crippen molar-refractivity contribution in [1.82, 2.24) is 10.9 Å². The number of para-hydroxylation sites is 1. The molecule has 3 aromatic rings. The van der Waals surface area contributed by atoms with Crippen molar-refractivity contribution in [2.75, 3.05) is 0 Å². The first-order chi connectivity index (χ1) is 14.1. The van der Waals surface area contributed by atoms with Crippen molar-refractivity contribution in [3.05, 3.63) is 72.8 Å². The van der Waals surface area contributed by atoms with Gasteiger partial charge in [-0.25, -0.2) is 0 Å². The number of hydrogen-bond donors (Lipinski definition) is 2. The van der Waals surface area contributed by atoms with Crippen molar-refractivity contribution in [3.63, 3.8) is 0 Å². The molecule has 0 aliphatic carbocycles. The second-order valence-electron chi connectivity index (χ2n) is 6.58. The number of hydrazine groups is 1. The molecule has 6 heteroatoms. The van der Waals surface area contributed by atoms with Crippen LogP contribution in [0.4, 0.5) is 0 Å². The molecule has 2 N–H and O–H groups in total. The minimum atomic E-state index is -0.786. The van der Waals surface area contributed by atoms with Gasteiger partial charge in [-0.15, -0.1) is 0 Å². The molecule has 6 nitrogen and oxygen atoms in total. The second-order valence-corrected chi connectivity index (χ2v) is 6.58. The van der Waals surface area contributed by atoms with Crippen LogP contribution in [0.15, 0.2) is 72.8 Å². The highest BCUT2D eigenvalue weighted by atomic mass is 16.5. The molecule has 0 aliphatic rings. The van der Waals surface area contributed by atoms with Gasteiger partial charge < -0.3 is 9.47 Å². The Morgan fingerprint density at radius 1 is 0.793 bits per heavy atom. The Balaban J connectivity index is 1.52. The summed E-state index contributed by atoms with van der Waals surface area (Å²) in [7, 11) is 0. The van der Waals surface area contributed by atoms with Gasteiger partial charge in [0.15, 0.2) is 12.2 Å². The van der Waals surface area contributed by atoms with E-state index in [0.29, 0.717) is 17.9 Å². The Bertz CT molecular complexity index is 975. The Morgan fingerprint density at radius 2 is 1.45 bits per heavy atom. The molecule has 0 aliphatic heterocycles. The van der Waals surface area contributed by atoms with Crippen molar-refractivity contribution >= 4 is 22.6 Å². The van der Waals surface area contributed by atoms with Crippen LogP contribution in [0.25, 0.3) is 10.8 Å². The van der Waals surface area contributed by atoms with Gasteiger partial charge in [0.25, 0.3) is 11.8 Å². The van der Waals surface area contributed by atoms with Gasteiger partial charge in [-0.2, -0.15) is 0 Å². The maximum atomic E-state index is 12.3. The lowest BCUT2D eigenvalue weighted by Gasteiger charge is -2.19. The third-order valence-electron chi connectivity index (χ3n) is 4.40. The summed E-state index contributed by atoms with van der Waals surface area (Å²) in [6, 6.07) is 22.6. The molecule has 0 unspecified atom stereocenters. The van der Waals surface area contributed by atoms with E-state index < -0.39 is 24.0 Å². The van der Waals surface area contributed by atoms with E-state index in [1.165, 1.54) is 0 Å². The summed E-state index contributed by atoms with van der Waals surface area (Å²) in [4.78, 5) is 24.6. The minimum Gasteiger partial charge on any atom is -0.481 e. The molecule has 2 amide bonds. The highest BCUT2D eigenvalue weighted by Gasteiger charge is 2.21. The van der Waals surface area contributed by atoms with Crippen LogP contribution in [-0.2, 0) is 9.59 Å².